The van der Waals surface area contributed by atoms with Gasteiger partial charge in [-0.15, -0.1) is 0 Å². The van der Waals surface area contributed by atoms with Gasteiger partial charge in [0, 0.05) is 17.4 Å². The number of hydrogen-bond donors (Lipinski definition) is 1. The second-order valence-corrected chi connectivity index (χ2v) is 6.32. The molecule has 5 nitrogen and oxygen atoms in total. The van der Waals surface area contributed by atoms with Gasteiger partial charge in [0.1, 0.15) is 5.75 Å². The molecule has 0 radical (unpaired) electrons. The zero-order valence-corrected chi connectivity index (χ0v) is 14.8. The van der Waals surface area contributed by atoms with E-state index in [2.05, 4.69) is 21.2 Å². The van der Waals surface area contributed by atoms with E-state index in [0.29, 0.717) is 34.4 Å². The molecule has 0 saturated carbocycles. The van der Waals surface area contributed by atoms with Gasteiger partial charge in [0.05, 0.1) is 24.0 Å². The molecule has 0 spiro atoms. The monoisotopic (exact) mass is 388 g/mol. The van der Waals surface area contributed by atoms with Crippen LogP contribution in [0.15, 0.2) is 46.9 Å². The number of carbonyl (C=O) groups excluding carboxylic acids is 2. The Bertz CT molecular complexity index is 792. The van der Waals surface area contributed by atoms with E-state index in [9.17, 15) is 9.59 Å². The van der Waals surface area contributed by atoms with Gasteiger partial charge < -0.3 is 15.0 Å². The molecule has 6 heteroatoms. The van der Waals surface area contributed by atoms with Crippen molar-refractivity contribution in [1.29, 1.82) is 0 Å². The number of benzene rings is 2. The highest BCUT2D eigenvalue weighted by molar-refractivity contribution is 9.10. The molecule has 1 aliphatic rings. The van der Waals surface area contributed by atoms with E-state index in [1.165, 1.54) is 0 Å². The maximum Gasteiger partial charge on any atom is 0.257 e. The second kappa shape index (κ2) is 7.05. The molecule has 0 bridgehead atoms. The predicted octanol–water partition coefficient (Wildman–Crippen LogP) is 3.84. The van der Waals surface area contributed by atoms with E-state index in [1.54, 1.807) is 36.3 Å². The number of anilines is 2. The minimum absolute atomic E-state index is 0.0826. The van der Waals surface area contributed by atoms with Crippen LogP contribution in [0.1, 0.15) is 23.2 Å². The number of methoxy groups -OCH3 is 1. The molecular weight excluding hydrogens is 372 g/mol. The van der Waals surface area contributed by atoms with Crippen LogP contribution in [0.5, 0.6) is 5.75 Å². The van der Waals surface area contributed by atoms with Crippen molar-refractivity contribution in [2.75, 3.05) is 23.9 Å². The van der Waals surface area contributed by atoms with Crippen LogP contribution in [0.2, 0.25) is 0 Å². The minimum Gasteiger partial charge on any atom is -0.497 e. The normalized spacial score (nSPS) is 13.9. The zero-order chi connectivity index (χ0) is 17.1. The van der Waals surface area contributed by atoms with E-state index >= 15 is 0 Å². The first-order chi connectivity index (χ1) is 11.6. The van der Waals surface area contributed by atoms with Crippen molar-refractivity contribution in [2.45, 2.75) is 12.8 Å². The molecule has 1 heterocycles. The number of nitrogens with zero attached hydrogens (tertiary/aromatic N) is 1. The zero-order valence-electron chi connectivity index (χ0n) is 13.2. The summed E-state index contributed by atoms with van der Waals surface area (Å²) in [6, 6.07) is 12.6. The van der Waals surface area contributed by atoms with Crippen LogP contribution >= 0.6 is 15.9 Å². The van der Waals surface area contributed by atoms with Crippen LogP contribution in [0.4, 0.5) is 11.4 Å². The van der Waals surface area contributed by atoms with Gasteiger partial charge in [-0.25, -0.2) is 0 Å². The third-order valence-corrected chi connectivity index (χ3v) is 4.63. The predicted molar refractivity (Wildman–Crippen MR) is 96.7 cm³/mol. The molecule has 124 valence electrons. The Labute approximate surface area is 148 Å². The quantitative estimate of drug-likeness (QED) is 0.865. The number of amides is 2. The Morgan fingerprint density at radius 2 is 2.04 bits per heavy atom. The first-order valence-electron chi connectivity index (χ1n) is 7.64. The summed E-state index contributed by atoms with van der Waals surface area (Å²) in [5, 5.41) is 2.90. The molecule has 0 aliphatic carbocycles. The summed E-state index contributed by atoms with van der Waals surface area (Å²) in [7, 11) is 1.55. The van der Waals surface area contributed by atoms with Gasteiger partial charge in [0.25, 0.3) is 5.91 Å². The summed E-state index contributed by atoms with van der Waals surface area (Å²) in [4.78, 5) is 26.4. The Balaban J connectivity index is 1.89. The lowest BCUT2D eigenvalue weighted by atomic mass is 10.2. The van der Waals surface area contributed by atoms with E-state index in [1.807, 2.05) is 18.2 Å². The third-order valence-electron chi connectivity index (χ3n) is 3.93. The molecule has 1 aliphatic heterocycles. The molecule has 1 N–H and O–H groups in total. The van der Waals surface area contributed by atoms with E-state index < -0.39 is 0 Å². The van der Waals surface area contributed by atoms with Crippen LogP contribution in [0, 0.1) is 0 Å². The van der Waals surface area contributed by atoms with Crippen LogP contribution in [0.3, 0.4) is 0 Å². The van der Waals surface area contributed by atoms with Crippen LogP contribution < -0.4 is 15.0 Å². The molecule has 0 unspecified atom stereocenters. The van der Waals surface area contributed by atoms with Crippen molar-refractivity contribution >= 4 is 39.1 Å². The summed E-state index contributed by atoms with van der Waals surface area (Å²) in [5.41, 5.74) is 1.82. The first kappa shape index (κ1) is 16.5. The van der Waals surface area contributed by atoms with Crippen molar-refractivity contribution in [2.24, 2.45) is 0 Å². The molecule has 1 saturated heterocycles. The Kier molecular flexibility index (Phi) is 4.85. The number of halogens is 1. The molecule has 2 aromatic carbocycles. The number of para-hydroxylation sites is 2. The van der Waals surface area contributed by atoms with Crippen LogP contribution in [0.25, 0.3) is 0 Å². The number of ether oxygens (including phenoxy) is 1. The Morgan fingerprint density at radius 1 is 1.25 bits per heavy atom. The average molecular weight is 389 g/mol. The standard InChI is InChI=1S/C18H17BrN2O3/c1-24-12-8-9-14(19)13(11-12)18(23)20-15-5-2-3-6-16(15)21-10-4-7-17(21)22/h2-3,5-6,8-9,11H,4,7,10H2,1H3,(H,20,23). The highest BCUT2D eigenvalue weighted by Crippen LogP contribution is 2.30. The molecule has 3 rings (SSSR count). The summed E-state index contributed by atoms with van der Waals surface area (Å²) < 4.78 is 5.85. The Hall–Kier alpha value is -2.34. The van der Waals surface area contributed by atoms with E-state index in [-0.39, 0.29) is 11.8 Å². The third kappa shape index (κ3) is 3.28. The highest BCUT2D eigenvalue weighted by atomic mass is 79.9. The molecule has 1 fully saturated rings. The van der Waals surface area contributed by atoms with Gasteiger partial charge in [-0.3, -0.25) is 9.59 Å². The summed E-state index contributed by atoms with van der Waals surface area (Å²) >= 11 is 3.39. The largest absolute Gasteiger partial charge is 0.497 e. The molecule has 24 heavy (non-hydrogen) atoms. The second-order valence-electron chi connectivity index (χ2n) is 5.47. The number of hydrogen-bond acceptors (Lipinski definition) is 3. The maximum atomic E-state index is 12.7. The van der Waals surface area contributed by atoms with Crippen molar-refractivity contribution in [3.8, 4) is 5.75 Å². The molecular formula is C18H17BrN2O3. The number of rotatable bonds is 4. The van der Waals surface area contributed by atoms with Gasteiger partial charge in [-0.2, -0.15) is 0 Å². The van der Waals surface area contributed by atoms with Gasteiger partial charge in [0.2, 0.25) is 5.91 Å². The number of nitrogens with one attached hydrogen (secondary N) is 1. The average Bonchev–Trinajstić information content (AvgIpc) is 3.01. The van der Waals surface area contributed by atoms with Gasteiger partial charge in [0.15, 0.2) is 0 Å². The fourth-order valence-corrected chi connectivity index (χ4v) is 3.14. The smallest absolute Gasteiger partial charge is 0.257 e. The Morgan fingerprint density at radius 3 is 2.75 bits per heavy atom. The molecule has 0 aromatic heterocycles. The lowest BCUT2D eigenvalue weighted by molar-refractivity contribution is -0.117. The lowest BCUT2D eigenvalue weighted by Gasteiger charge is -2.20. The topological polar surface area (TPSA) is 58.6 Å². The first-order valence-corrected chi connectivity index (χ1v) is 8.43. The maximum absolute atomic E-state index is 12.7. The van der Waals surface area contributed by atoms with Crippen LogP contribution in [-0.2, 0) is 4.79 Å². The van der Waals surface area contributed by atoms with Crippen molar-refractivity contribution in [3.63, 3.8) is 0 Å². The summed E-state index contributed by atoms with van der Waals surface area (Å²) in [5.74, 6) is 0.422. The van der Waals surface area contributed by atoms with Gasteiger partial charge in [-0.1, -0.05) is 12.1 Å². The van der Waals surface area contributed by atoms with Crippen LogP contribution in [-0.4, -0.2) is 25.5 Å². The summed E-state index contributed by atoms with van der Waals surface area (Å²) in [6.07, 6.45) is 1.38. The van der Waals surface area contributed by atoms with Crippen molar-refractivity contribution in [3.05, 3.63) is 52.5 Å². The van der Waals surface area contributed by atoms with E-state index in [0.717, 1.165) is 12.1 Å². The highest BCUT2D eigenvalue weighted by Gasteiger charge is 2.24. The summed E-state index contributed by atoms with van der Waals surface area (Å²) in [6.45, 7) is 0.675. The fourth-order valence-electron chi connectivity index (χ4n) is 2.71. The van der Waals surface area contributed by atoms with Gasteiger partial charge >= 0.3 is 0 Å². The molecule has 0 atom stereocenters. The number of carbonyl (C=O) groups is 2. The van der Waals surface area contributed by atoms with Crippen molar-refractivity contribution in [1.82, 2.24) is 0 Å². The molecule has 2 amide bonds. The van der Waals surface area contributed by atoms with E-state index in [4.69, 9.17) is 4.74 Å². The fraction of sp³-hybridized carbons (Fsp3) is 0.222. The minimum atomic E-state index is -0.264. The lowest BCUT2D eigenvalue weighted by Crippen LogP contribution is -2.25. The van der Waals surface area contributed by atoms with Crippen molar-refractivity contribution < 1.29 is 14.3 Å². The SMILES string of the molecule is COc1ccc(Br)c(C(=O)Nc2ccccc2N2CCCC2=O)c1. The molecule has 2 aromatic rings. The van der Waals surface area contributed by atoms with Gasteiger partial charge in [-0.05, 0) is 52.7 Å².